The van der Waals surface area contributed by atoms with Gasteiger partial charge in [-0.2, -0.15) is 10.4 Å². The highest BCUT2D eigenvalue weighted by molar-refractivity contribution is 5.92. The summed E-state index contributed by atoms with van der Waals surface area (Å²) in [6.45, 7) is 0.556. The summed E-state index contributed by atoms with van der Waals surface area (Å²) in [6.07, 6.45) is 6.73. The summed E-state index contributed by atoms with van der Waals surface area (Å²) >= 11 is 0. The van der Waals surface area contributed by atoms with Crippen LogP contribution in [0.5, 0.6) is 0 Å². The number of amides is 1. The van der Waals surface area contributed by atoms with Crippen molar-refractivity contribution in [3.63, 3.8) is 0 Å². The molecule has 2 aromatic heterocycles. The van der Waals surface area contributed by atoms with Gasteiger partial charge in [0.1, 0.15) is 11.6 Å². The topological polar surface area (TPSA) is 75.1 Å². The van der Waals surface area contributed by atoms with Crippen molar-refractivity contribution in [1.29, 1.82) is 5.26 Å². The summed E-state index contributed by atoms with van der Waals surface area (Å²) in [5.41, 5.74) is 2.92. The van der Waals surface area contributed by atoms with Gasteiger partial charge in [-0.25, -0.2) is 9.07 Å². The molecule has 7 heteroatoms. The number of aromatic nitrogens is 2. The number of benzene rings is 2. The molecule has 0 radical (unpaired) electrons. The predicted molar refractivity (Wildman–Crippen MR) is 122 cm³/mol. The van der Waals surface area contributed by atoms with Crippen LogP contribution in [0.1, 0.15) is 17.7 Å². The first-order chi connectivity index (χ1) is 16.1. The molecule has 0 aliphatic rings. The van der Waals surface area contributed by atoms with E-state index in [1.54, 1.807) is 46.2 Å². The van der Waals surface area contributed by atoms with Crippen molar-refractivity contribution in [3.8, 4) is 23.0 Å². The van der Waals surface area contributed by atoms with Crippen LogP contribution in [-0.4, -0.2) is 27.1 Å². The van der Waals surface area contributed by atoms with Crippen molar-refractivity contribution in [1.82, 2.24) is 14.7 Å². The zero-order valence-corrected chi connectivity index (χ0v) is 17.8. The number of para-hydroxylation sites is 1. The lowest BCUT2D eigenvalue weighted by atomic mass is 10.1. The predicted octanol–water partition coefficient (Wildman–Crippen LogP) is 5.23. The number of rotatable bonds is 8. The first-order valence-corrected chi connectivity index (χ1v) is 10.4. The van der Waals surface area contributed by atoms with Gasteiger partial charge in [-0.05, 0) is 54.6 Å². The first-order valence-electron chi connectivity index (χ1n) is 10.4. The maximum absolute atomic E-state index is 13.5. The van der Waals surface area contributed by atoms with Gasteiger partial charge in [-0.1, -0.05) is 18.2 Å². The number of hydrogen-bond acceptors (Lipinski definition) is 4. The van der Waals surface area contributed by atoms with Crippen molar-refractivity contribution < 1.29 is 13.6 Å². The Bertz CT molecular complexity index is 1270. The lowest BCUT2D eigenvalue weighted by molar-refractivity contribution is -0.126. The standard InChI is InChI=1S/C26H21FN4O2/c27-22-12-9-20(10-13-22)26-21(18-31(29-26)23-6-2-1-3-7-23)11-14-25(32)30(16-5-15-28)19-24-8-4-17-33-24/h1-4,6-14,17-18H,5,16,19H2/b14-11+. The molecule has 33 heavy (non-hydrogen) atoms. The number of nitrogens with zero attached hydrogens (tertiary/aromatic N) is 4. The van der Waals surface area contributed by atoms with Crippen LogP contribution in [0, 0.1) is 17.1 Å². The zero-order valence-electron chi connectivity index (χ0n) is 17.8. The fraction of sp³-hybridized carbons (Fsp3) is 0.115. The molecule has 0 spiro atoms. The largest absolute Gasteiger partial charge is 0.467 e. The third-order valence-electron chi connectivity index (χ3n) is 5.02. The molecule has 0 saturated heterocycles. The molecule has 0 bridgehead atoms. The first kappa shape index (κ1) is 21.8. The summed E-state index contributed by atoms with van der Waals surface area (Å²) in [6, 6.07) is 21.3. The molecule has 0 saturated carbocycles. The smallest absolute Gasteiger partial charge is 0.247 e. The number of halogens is 1. The minimum Gasteiger partial charge on any atom is -0.467 e. The van der Waals surface area contributed by atoms with Crippen molar-refractivity contribution in [2.75, 3.05) is 6.54 Å². The number of furan rings is 1. The van der Waals surface area contributed by atoms with E-state index >= 15 is 0 Å². The van der Waals surface area contributed by atoms with E-state index in [1.165, 1.54) is 18.2 Å². The van der Waals surface area contributed by atoms with Gasteiger partial charge >= 0.3 is 0 Å². The molecule has 0 unspecified atom stereocenters. The molecular weight excluding hydrogens is 419 g/mol. The molecule has 2 heterocycles. The highest BCUT2D eigenvalue weighted by atomic mass is 19.1. The lowest BCUT2D eigenvalue weighted by Gasteiger charge is -2.18. The number of hydrogen-bond donors (Lipinski definition) is 0. The minimum absolute atomic E-state index is 0.215. The third-order valence-corrected chi connectivity index (χ3v) is 5.02. The Kier molecular flexibility index (Phi) is 6.76. The van der Waals surface area contributed by atoms with E-state index in [1.807, 2.05) is 36.5 Å². The Morgan fingerprint density at radius 2 is 1.91 bits per heavy atom. The van der Waals surface area contributed by atoms with E-state index in [9.17, 15) is 9.18 Å². The van der Waals surface area contributed by atoms with Crippen molar-refractivity contribution in [2.45, 2.75) is 13.0 Å². The molecule has 0 fully saturated rings. The molecule has 0 atom stereocenters. The molecule has 1 amide bonds. The second-order valence-electron chi connectivity index (χ2n) is 7.30. The van der Waals surface area contributed by atoms with Gasteiger partial charge in [0.2, 0.25) is 5.91 Å². The fourth-order valence-electron chi connectivity index (χ4n) is 3.36. The SMILES string of the molecule is N#CCCN(Cc1ccco1)C(=O)/C=C/c1cn(-c2ccccc2)nc1-c1ccc(F)cc1. The van der Waals surface area contributed by atoms with Crippen LogP contribution in [0.4, 0.5) is 4.39 Å². The van der Waals surface area contributed by atoms with Gasteiger partial charge in [0.05, 0.1) is 36.7 Å². The number of nitriles is 1. The Labute approximate surface area is 190 Å². The van der Waals surface area contributed by atoms with Gasteiger partial charge in [0.15, 0.2) is 0 Å². The fourth-order valence-corrected chi connectivity index (χ4v) is 3.36. The molecule has 164 valence electrons. The van der Waals surface area contributed by atoms with Gasteiger partial charge < -0.3 is 9.32 Å². The van der Waals surface area contributed by atoms with E-state index < -0.39 is 0 Å². The summed E-state index contributed by atoms with van der Waals surface area (Å²) in [7, 11) is 0. The van der Waals surface area contributed by atoms with Crippen LogP contribution in [-0.2, 0) is 11.3 Å². The van der Waals surface area contributed by atoms with E-state index in [-0.39, 0.29) is 31.2 Å². The molecule has 6 nitrogen and oxygen atoms in total. The summed E-state index contributed by atoms with van der Waals surface area (Å²) in [5.74, 6) is 0.0531. The molecule has 2 aromatic carbocycles. The van der Waals surface area contributed by atoms with Crippen LogP contribution in [0.25, 0.3) is 23.0 Å². The van der Waals surface area contributed by atoms with E-state index in [2.05, 4.69) is 11.2 Å². The van der Waals surface area contributed by atoms with Gasteiger partial charge in [-0.3, -0.25) is 4.79 Å². The minimum atomic E-state index is -0.334. The van der Waals surface area contributed by atoms with Gasteiger partial charge in [0, 0.05) is 29.9 Å². The van der Waals surface area contributed by atoms with Gasteiger partial charge in [-0.15, -0.1) is 0 Å². The Morgan fingerprint density at radius 3 is 2.61 bits per heavy atom. The Hall–Kier alpha value is -4.44. The highest BCUT2D eigenvalue weighted by Crippen LogP contribution is 2.25. The molecule has 4 rings (SSSR count). The summed E-state index contributed by atoms with van der Waals surface area (Å²) in [5, 5.41) is 13.6. The monoisotopic (exact) mass is 440 g/mol. The summed E-state index contributed by atoms with van der Waals surface area (Å²) in [4.78, 5) is 14.5. The van der Waals surface area contributed by atoms with Crippen LogP contribution < -0.4 is 0 Å². The van der Waals surface area contributed by atoms with Gasteiger partial charge in [0.25, 0.3) is 0 Å². The molecule has 0 aliphatic heterocycles. The zero-order chi connectivity index (χ0) is 23.0. The van der Waals surface area contributed by atoms with Crippen LogP contribution in [0.15, 0.2) is 89.7 Å². The van der Waals surface area contributed by atoms with Crippen LogP contribution in [0.2, 0.25) is 0 Å². The average Bonchev–Trinajstić information content (AvgIpc) is 3.51. The van der Waals surface area contributed by atoms with Crippen molar-refractivity contribution in [2.24, 2.45) is 0 Å². The van der Waals surface area contributed by atoms with E-state index in [0.717, 1.165) is 11.3 Å². The average molecular weight is 440 g/mol. The molecule has 0 aliphatic carbocycles. The summed E-state index contributed by atoms with van der Waals surface area (Å²) < 4.78 is 20.5. The van der Waals surface area contributed by atoms with Crippen molar-refractivity contribution in [3.05, 3.63) is 102 Å². The van der Waals surface area contributed by atoms with E-state index in [0.29, 0.717) is 17.0 Å². The Balaban J connectivity index is 1.64. The highest BCUT2D eigenvalue weighted by Gasteiger charge is 2.15. The second-order valence-corrected chi connectivity index (χ2v) is 7.30. The van der Waals surface area contributed by atoms with Crippen LogP contribution in [0.3, 0.4) is 0 Å². The maximum Gasteiger partial charge on any atom is 0.247 e. The van der Waals surface area contributed by atoms with Crippen LogP contribution >= 0.6 is 0 Å². The second kappa shape index (κ2) is 10.2. The lowest BCUT2D eigenvalue weighted by Crippen LogP contribution is -2.29. The number of carbonyl (C=O) groups is 1. The maximum atomic E-state index is 13.5. The third kappa shape index (κ3) is 5.43. The van der Waals surface area contributed by atoms with Crippen molar-refractivity contribution >= 4 is 12.0 Å². The van der Waals surface area contributed by atoms with E-state index in [4.69, 9.17) is 9.68 Å². The normalized spacial score (nSPS) is 10.9. The molecule has 4 aromatic rings. The number of carbonyl (C=O) groups excluding carboxylic acids is 1. The Morgan fingerprint density at radius 1 is 1.12 bits per heavy atom. The quantitative estimate of drug-likeness (QED) is 0.352. The molecule has 0 N–H and O–H groups in total. The molecular formula is C26H21FN4O2.